The van der Waals surface area contributed by atoms with E-state index in [9.17, 15) is 22.0 Å². The first kappa shape index (κ1) is 21.1. The monoisotopic (exact) mass is 471 g/mol. The molecule has 3 aromatic carbocycles. The highest BCUT2D eigenvalue weighted by atomic mass is 19.2. The molecule has 0 radical (unpaired) electrons. The molecule has 4 nitrogen and oxygen atoms in total. The van der Waals surface area contributed by atoms with Crippen LogP contribution in [-0.4, -0.2) is 30.1 Å². The quantitative estimate of drug-likeness (QED) is 0.283. The minimum absolute atomic E-state index is 0.0751. The minimum atomic E-state index is -2.19. The van der Waals surface area contributed by atoms with E-state index in [0.29, 0.717) is 12.3 Å². The molecule has 1 aliphatic carbocycles. The molecule has 0 unspecified atom stereocenters. The Morgan fingerprint density at radius 1 is 0.912 bits per heavy atom. The Labute approximate surface area is 191 Å². The molecule has 34 heavy (non-hydrogen) atoms. The number of hydrogen-bond donors (Lipinski definition) is 0. The van der Waals surface area contributed by atoms with Crippen molar-refractivity contribution in [1.29, 1.82) is 0 Å². The normalized spacial score (nSPS) is 20.8. The van der Waals surface area contributed by atoms with Gasteiger partial charge >= 0.3 is 0 Å². The Bertz CT molecular complexity index is 1350. The van der Waals surface area contributed by atoms with Crippen LogP contribution in [0.25, 0.3) is 11.1 Å². The van der Waals surface area contributed by atoms with Gasteiger partial charge in [0.2, 0.25) is 5.82 Å². The summed E-state index contributed by atoms with van der Waals surface area (Å²) in [7, 11) is 0. The number of halogens is 5. The molecule has 174 valence electrons. The Morgan fingerprint density at radius 3 is 2.35 bits per heavy atom. The summed E-state index contributed by atoms with van der Waals surface area (Å²) in [5.41, 5.74) is 4.25. The summed E-state index contributed by atoms with van der Waals surface area (Å²) in [6, 6.07) is 13.9. The summed E-state index contributed by atoms with van der Waals surface area (Å²) >= 11 is 0. The van der Waals surface area contributed by atoms with Crippen molar-refractivity contribution in [3.05, 3.63) is 88.2 Å². The molecule has 0 N–H and O–H groups in total. The highest BCUT2D eigenvalue weighted by molar-refractivity contribution is 5.88. The van der Waals surface area contributed by atoms with Crippen molar-refractivity contribution >= 4 is 11.5 Å². The number of fused-ring (bicyclic) bond motifs is 5. The van der Waals surface area contributed by atoms with Crippen LogP contribution in [0.5, 0.6) is 0 Å². The Kier molecular flexibility index (Phi) is 4.67. The van der Waals surface area contributed by atoms with Crippen LogP contribution in [-0.2, 0) is 11.2 Å². The predicted molar refractivity (Wildman–Crippen MR) is 116 cm³/mol. The Morgan fingerprint density at radius 2 is 1.62 bits per heavy atom. The van der Waals surface area contributed by atoms with E-state index in [2.05, 4.69) is 17.2 Å². The lowest BCUT2D eigenvalue weighted by Gasteiger charge is -2.37. The van der Waals surface area contributed by atoms with Crippen LogP contribution in [0.1, 0.15) is 22.7 Å². The zero-order chi connectivity index (χ0) is 23.7. The van der Waals surface area contributed by atoms with Crippen molar-refractivity contribution < 1.29 is 26.7 Å². The van der Waals surface area contributed by atoms with Crippen LogP contribution < -0.4 is 5.01 Å². The molecule has 9 heteroatoms. The molecule has 0 spiro atoms. The average molecular weight is 471 g/mol. The van der Waals surface area contributed by atoms with Gasteiger partial charge in [0.15, 0.2) is 29.1 Å². The summed E-state index contributed by atoms with van der Waals surface area (Å²) < 4.78 is 76.0. The molecule has 1 saturated heterocycles. The molecule has 3 aliphatic rings. The molecule has 1 fully saturated rings. The van der Waals surface area contributed by atoms with E-state index in [1.54, 1.807) is 0 Å². The number of benzene rings is 3. The average Bonchev–Trinajstić information content (AvgIpc) is 3.42. The number of amidine groups is 1. The molecule has 2 heterocycles. The zero-order valence-electron chi connectivity index (χ0n) is 18.0. The maximum Gasteiger partial charge on any atom is 0.200 e. The Hall–Kier alpha value is -3.46. The molecule has 2 atom stereocenters. The van der Waals surface area contributed by atoms with E-state index >= 15 is 0 Å². The largest absolute Gasteiger partial charge is 0.367 e. The second kappa shape index (κ2) is 7.53. The van der Waals surface area contributed by atoms with Gasteiger partial charge in [-0.05, 0) is 40.8 Å². The molecule has 0 amide bonds. The van der Waals surface area contributed by atoms with E-state index < -0.39 is 34.8 Å². The van der Waals surface area contributed by atoms with E-state index in [0.717, 1.165) is 32.8 Å². The smallest absolute Gasteiger partial charge is 0.200 e. The van der Waals surface area contributed by atoms with Crippen LogP contribution >= 0.6 is 0 Å². The van der Waals surface area contributed by atoms with Crippen LogP contribution in [0.3, 0.4) is 0 Å². The third-order valence-corrected chi connectivity index (χ3v) is 6.75. The van der Waals surface area contributed by atoms with Gasteiger partial charge in [0.1, 0.15) is 19.0 Å². The molecule has 2 aliphatic heterocycles. The first-order valence-corrected chi connectivity index (χ1v) is 10.8. The fourth-order valence-corrected chi connectivity index (χ4v) is 5.10. The number of aryl methyl sites for hydroxylation is 1. The van der Waals surface area contributed by atoms with Gasteiger partial charge in [-0.2, -0.15) is 5.10 Å². The lowest BCUT2D eigenvalue weighted by molar-refractivity contribution is 0.00536. The highest BCUT2D eigenvalue weighted by Crippen LogP contribution is 2.44. The van der Waals surface area contributed by atoms with Gasteiger partial charge in [-0.1, -0.05) is 36.4 Å². The molecule has 3 aromatic rings. The third-order valence-electron chi connectivity index (χ3n) is 6.75. The minimum Gasteiger partial charge on any atom is -0.367 e. The third kappa shape index (κ3) is 2.96. The van der Waals surface area contributed by atoms with Crippen LogP contribution in [0, 0.1) is 36.0 Å². The summed E-state index contributed by atoms with van der Waals surface area (Å²) in [6.07, 6.45) is 0.442. The fraction of sp³-hybridized carbons (Fsp3) is 0.240. The lowest BCUT2D eigenvalue weighted by Crippen LogP contribution is -2.46. The summed E-state index contributed by atoms with van der Waals surface area (Å²) in [6.45, 7) is 1.94. The van der Waals surface area contributed by atoms with Crippen molar-refractivity contribution in [2.75, 3.05) is 18.3 Å². The number of hydrogen-bond acceptors (Lipinski definition) is 4. The van der Waals surface area contributed by atoms with Gasteiger partial charge < -0.3 is 9.64 Å². The number of hydrazone groups is 1. The van der Waals surface area contributed by atoms with Crippen molar-refractivity contribution in [2.24, 2.45) is 5.10 Å². The number of anilines is 1. The van der Waals surface area contributed by atoms with E-state index in [-0.39, 0.29) is 25.4 Å². The van der Waals surface area contributed by atoms with Crippen molar-refractivity contribution in [1.82, 2.24) is 4.90 Å². The van der Waals surface area contributed by atoms with Crippen molar-refractivity contribution in [3.63, 3.8) is 0 Å². The van der Waals surface area contributed by atoms with Crippen LogP contribution in [0.15, 0.2) is 47.6 Å². The number of nitrogens with zero attached hydrogens (tertiary/aromatic N) is 3. The van der Waals surface area contributed by atoms with Gasteiger partial charge in [-0.25, -0.2) is 27.0 Å². The molecule has 6 rings (SSSR count). The molecule has 0 aromatic heterocycles. The van der Waals surface area contributed by atoms with Gasteiger partial charge in [0, 0.05) is 6.42 Å². The predicted octanol–water partition coefficient (Wildman–Crippen LogP) is 5.45. The second-order valence-electron chi connectivity index (χ2n) is 8.67. The number of ether oxygens (including phenoxy) is 1. The van der Waals surface area contributed by atoms with Gasteiger partial charge in [0.05, 0.1) is 12.1 Å². The molecular weight excluding hydrogens is 453 g/mol. The Balaban J connectivity index is 1.39. The maximum atomic E-state index is 14.4. The van der Waals surface area contributed by atoms with Crippen LogP contribution in [0.4, 0.5) is 27.6 Å². The summed E-state index contributed by atoms with van der Waals surface area (Å²) in [4.78, 5) is 1.82. The van der Waals surface area contributed by atoms with Crippen molar-refractivity contribution in [2.45, 2.75) is 25.5 Å². The molecule has 0 bridgehead atoms. The van der Waals surface area contributed by atoms with Crippen molar-refractivity contribution in [3.8, 4) is 11.1 Å². The van der Waals surface area contributed by atoms with Crippen LogP contribution in [0.2, 0.25) is 0 Å². The SMILES string of the molecule is Cc1ccccc1-c1ccc2c(c1)[C@@H]1[C@H](C2)OCC2=NN(c3c(F)c(F)c(F)c(F)c3F)CN21. The first-order valence-electron chi connectivity index (χ1n) is 10.8. The summed E-state index contributed by atoms with van der Waals surface area (Å²) in [5, 5.41) is 4.98. The maximum absolute atomic E-state index is 14.4. The number of morpholine rings is 1. The zero-order valence-corrected chi connectivity index (χ0v) is 18.0. The molecule has 0 saturated carbocycles. The lowest BCUT2D eigenvalue weighted by atomic mass is 9.96. The second-order valence-corrected chi connectivity index (χ2v) is 8.67. The highest BCUT2D eigenvalue weighted by Gasteiger charge is 2.46. The van der Waals surface area contributed by atoms with Gasteiger partial charge in [0.25, 0.3) is 0 Å². The fourth-order valence-electron chi connectivity index (χ4n) is 5.10. The number of rotatable bonds is 2. The van der Waals surface area contributed by atoms with Gasteiger partial charge in [-0.3, -0.25) is 0 Å². The topological polar surface area (TPSA) is 28.1 Å². The van der Waals surface area contributed by atoms with E-state index in [1.807, 2.05) is 42.2 Å². The molecular formula is C25H18F5N3O. The van der Waals surface area contributed by atoms with Gasteiger partial charge in [-0.15, -0.1) is 0 Å². The van der Waals surface area contributed by atoms with E-state index in [4.69, 9.17) is 4.74 Å². The standard InChI is InChI=1S/C25H18F5N3O/c1-12-4-2-3-5-15(12)13-6-7-14-9-17-24(16(14)8-13)32-11-33(31-18(32)10-34-17)25-22(29)20(27)19(26)21(28)23(25)30/h2-8,17,24H,9-11H2,1H3/t17-,24+/m0/s1. The first-order chi connectivity index (χ1) is 16.3. The van der Waals surface area contributed by atoms with E-state index in [1.165, 1.54) is 0 Å². The summed E-state index contributed by atoms with van der Waals surface area (Å²) in [5.74, 6) is -9.64.